The van der Waals surface area contributed by atoms with Gasteiger partial charge >= 0.3 is 6.03 Å². The Balaban J connectivity index is 2.57. The van der Waals surface area contributed by atoms with Gasteiger partial charge in [0.1, 0.15) is 17.3 Å². The summed E-state index contributed by atoms with van der Waals surface area (Å²) in [5.41, 5.74) is -0.764. The molecule has 4 nitrogen and oxygen atoms in total. The van der Waals surface area contributed by atoms with Gasteiger partial charge in [0.25, 0.3) is 0 Å². The third-order valence-electron chi connectivity index (χ3n) is 2.72. The molecule has 0 aliphatic carbocycles. The monoisotopic (exact) mass is 272 g/mol. The highest BCUT2D eigenvalue weighted by atomic mass is 19.1. The fraction of sp³-hybridized carbons (Fsp3) is 0.462. The van der Waals surface area contributed by atoms with Crippen molar-refractivity contribution in [1.82, 2.24) is 5.32 Å². The van der Waals surface area contributed by atoms with Gasteiger partial charge in [-0.25, -0.2) is 13.6 Å². The van der Waals surface area contributed by atoms with Crippen molar-refractivity contribution >= 4 is 11.7 Å². The number of rotatable bonds is 5. The van der Waals surface area contributed by atoms with E-state index in [1.54, 1.807) is 0 Å². The summed E-state index contributed by atoms with van der Waals surface area (Å²) in [6.45, 7) is 4.04. The summed E-state index contributed by atoms with van der Waals surface area (Å²) in [6, 6.07) is 2.66. The molecule has 19 heavy (non-hydrogen) atoms. The van der Waals surface area contributed by atoms with Crippen LogP contribution in [0.5, 0.6) is 0 Å². The Labute approximate surface area is 110 Å². The van der Waals surface area contributed by atoms with Crippen LogP contribution in [0.1, 0.15) is 20.3 Å². The van der Waals surface area contributed by atoms with Crippen molar-refractivity contribution in [1.29, 1.82) is 0 Å². The number of halogens is 2. The fourth-order valence-electron chi connectivity index (χ4n) is 1.49. The van der Waals surface area contributed by atoms with Gasteiger partial charge < -0.3 is 15.7 Å². The van der Waals surface area contributed by atoms with Gasteiger partial charge in [-0.05, 0) is 24.0 Å². The quantitative estimate of drug-likeness (QED) is 0.771. The lowest BCUT2D eigenvalue weighted by Crippen LogP contribution is -2.37. The molecule has 0 aromatic heterocycles. The summed E-state index contributed by atoms with van der Waals surface area (Å²) in [6.07, 6.45) is 0.515. The molecule has 3 N–H and O–H groups in total. The van der Waals surface area contributed by atoms with Gasteiger partial charge in [-0.2, -0.15) is 0 Å². The van der Waals surface area contributed by atoms with E-state index in [0.29, 0.717) is 6.42 Å². The van der Waals surface area contributed by atoms with Crippen LogP contribution in [-0.2, 0) is 0 Å². The zero-order valence-electron chi connectivity index (χ0n) is 11.0. The van der Waals surface area contributed by atoms with E-state index in [9.17, 15) is 13.6 Å². The summed E-state index contributed by atoms with van der Waals surface area (Å²) in [7, 11) is 0. The molecule has 0 saturated heterocycles. The predicted octanol–water partition coefficient (Wildman–Crippen LogP) is 2.49. The van der Waals surface area contributed by atoms with Crippen molar-refractivity contribution < 1.29 is 18.7 Å². The average Bonchev–Trinajstić information content (AvgIpc) is 2.32. The van der Waals surface area contributed by atoms with Gasteiger partial charge in [-0.3, -0.25) is 0 Å². The SMILES string of the molecule is CC(C)(CCO)CNC(=O)Nc1c(F)cccc1F. The van der Waals surface area contributed by atoms with Crippen molar-refractivity contribution in [3.05, 3.63) is 29.8 Å². The van der Waals surface area contributed by atoms with Crippen LogP contribution in [0, 0.1) is 17.0 Å². The Morgan fingerprint density at radius 2 is 1.89 bits per heavy atom. The topological polar surface area (TPSA) is 61.4 Å². The van der Waals surface area contributed by atoms with E-state index in [1.165, 1.54) is 6.07 Å². The molecule has 2 amide bonds. The smallest absolute Gasteiger partial charge is 0.319 e. The first-order valence-corrected chi connectivity index (χ1v) is 5.95. The molecule has 0 heterocycles. The Kier molecular flexibility index (Phi) is 5.23. The molecule has 0 saturated carbocycles. The van der Waals surface area contributed by atoms with Crippen LogP contribution >= 0.6 is 0 Å². The number of nitrogens with one attached hydrogen (secondary N) is 2. The van der Waals surface area contributed by atoms with Crippen molar-refractivity contribution in [2.75, 3.05) is 18.5 Å². The fourth-order valence-corrected chi connectivity index (χ4v) is 1.49. The van der Waals surface area contributed by atoms with Gasteiger partial charge in [0.2, 0.25) is 0 Å². The van der Waals surface area contributed by atoms with Gasteiger partial charge in [0, 0.05) is 13.2 Å². The number of carbonyl (C=O) groups is 1. The molecule has 0 bridgehead atoms. The molecule has 0 spiro atoms. The molecule has 0 unspecified atom stereocenters. The second-order valence-electron chi connectivity index (χ2n) is 5.04. The first-order valence-electron chi connectivity index (χ1n) is 5.95. The summed E-state index contributed by atoms with van der Waals surface area (Å²) in [5, 5.41) is 13.5. The number of aliphatic hydroxyl groups excluding tert-OH is 1. The third-order valence-corrected chi connectivity index (χ3v) is 2.72. The molecule has 0 atom stereocenters. The van der Waals surface area contributed by atoms with Crippen molar-refractivity contribution in [3.63, 3.8) is 0 Å². The minimum absolute atomic E-state index is 0.0121. The Morgan fingerprint density at radius 1 is 1.32 bits per heavy atom. The van der Waals surface area contributed by atoms with Crippen molar-refractivity contribution in [3.8, 4) is 0 Å². The number of urea groups is 1. The number of aliphatic hydroxyl groups is 1. The maximum atomic E-state index is 13.3. The van der Waals surface area contributed by atoms with Crippen LogP contribution in [0.3, 0.4) is 0 Å². The molecule has 1 aromatic rings. The maximum absolute atomic E-state index is 13.3. The van der Waals surface area contributed by atoms with Crippen LogP contribution < -0.4 is 10.6 Å². The minimum atomic E-state index is -0.829. The van der Waals surface area contributed by atoms with E-state index in [4.69, 9.17) is 5.11 Å². The minimum Gasteiger partial charge on any atom is -0.396 e. The Hall–Kier alpha value is -1.69. The number of hydrogen-bond donors (Lipinski definition) is 3. The van der Waals surface area contributed by atoms with E-state index >= 15 is 0 Å². The third kappa shape index (κ3) is 4.82. The molecule has 0 aliphatic heterocycles. The molecular formula is C13H18F2N2O2. The first kappa shape index (κ1) is 15.4. The molecule has 6 heteroatoms. The number of para-hydroxylation sites is 1. The number of amides is 2. The lowest BCUT2D eigenvalue weighted by atomic mass is 9.90. The normalized spacial score (nSPS) is 11.2. The standard InChI is InChI=1S/C13H18F2N2O2/c1-13(2,6-7-18)8-16-12(19)17-11-9(14)4-3-5-10(11)15/h3-5,18H,6-8H2,1-2H3,(H2,16,17,19). The zero-order chi connectivity index (χ0) is 14.5. The second-order valence-corrected chi connectivity index (χ2v) is 5.04. The van der Waals surface area contributed by atoms with E-state index in [0.717, 1.165) is 12.1 Å². The van der Waals surface area contributed by atoms with Crippen LogP contribution in [-0.4, -0.2) is 24.3 Å². The largest absolute Gasteiger partial charge is 0.396 e. The summed E-state index contributed by atoms with van der Waals surface area (Å²) < 4.78 is 26.6. The van der Waals surface area contributed by atoms with Gasteiger partial charge in [-0.15, -0.1) is 0 Å². The Morgan fingerprint density at radius 3 is 2.42 bits per heavy atom. The molecule has 0 aliphatic rings. The van der Waals surface area contributed by atoms with Crippen molar-refractivity contribution in [2.45, 2.75) is 20.3 Å². The van der Waals surface area contributed by atoms with Crippen LogP contribution in [0.15, 0.2) is 18.2 Å². The molecular weight excluding hydrogens is 254 g/mol. The van der Waals surface area contributed by atoms with Crippen LogP contribution in [0.2, 0.25) is 0 Å². The lowest BCUT2D eigenvalue weighted by molar-refractivity contribution is 0.204. The Bertz CT molecular complexity index is 430. The molecule has 1 rings (SSSR count). The predicted molar refractivity (Wildman–Crippen MR) is 68.9 cm³/mol. The van der Waals surface area contributed by atoms with E-state index in [2.05, 4.69) is 10.6 Å². The van der Waals surface area contributed by atoms with Gasteiger partial charge in [-0.1, -0.05) is 19.9 Å². The van der Waals surface area contributed by atoms with E-state index in [1.807, 2.05) is 13.8 Å². The summed E-state index contributed by atoms with van der Waals surface area (Å²) in [5.74, 6) is -1.66. The average molecular weight is 272 g/mol. The summed E-state index contributed by atoms with van der Waals surface area (Å²) in [4.78, 5) is 11.5. The zero-order valence-corrected chi connectivity index (χ0v) is 11.0. The highest BCUT2D eigenvalue weighted by Gasteiger charge is 2.19. The van der Waals surface area contributed by atoms with Crippen molar-refractivity contribution in [2.24, 2.45) is 5.41 Å². The highest BCUT2D eigenvalue weighted by molar-refractivity contribution is 5.89. The second kappa shape index (κ2) is 6.47. The van der Waals surface area contributed by atoms with Gasteiger partial charge in [0.15, 0.2) is 0 Å². The lowest BCUT2D eigenvalue weighted by Gasteiger charge is -2.23. The van der Waals surface area contributed by atoms with Gasteiger partial charge in [0.05, 0.1) is 0 Å². The van der Waals surface area contributed by atoms with E-state index in [-0.39, 0.29) is 18.6 Å². The van der Waals surface area contributed by atoms with Crippen LogP contribution in [0.4, 0.5) is 19.3 Å². The maximum Gasteiger partial charge on any atom is 0.319 e. The highest BCUT2D eigenvalue weighted by Crippen LogP contribution is 2.19. The first-order chi connectivity index (χ1) is 8.85. The number of carbonyl (C=O) groups excluding carboxylic acids is 1. The number of benzene rings is 1. The molecule has 0 fully saturated rings. The number of hydrogen-bond acceptors (Lipinski definition) is 2. The summed E-state index contributed by atoms with van der Waals surface area (Å²) >= 11 is 0. The van der Waals surface area contributed by atoms with Crippen LogP contribution in [0.25, 0.3) is 0 Å². The number of anilines is 1. The molecule has 0 radical (unpaired) electrons. The molecule has 106 valence electrons. The molecule has 1 aromatic carbocycles. The van der Waals surface area contributed by atoms with E-state index < -0.39 is 23.4 Å².